The van der Waals surface area contributed by atoms with Gasteiger partial charge < -0.3 is 0 Å². The van der Waals surface area contributed by atoms with Gasteiger partial charge in [-0.2, -0.15) is 0 Å². The minimum atomic E-state index is 1.11. The van der Waals surface area contributed by atoms with Gasteiger partial charge in [-0.25, -0.2) is 0 Å². The largest absolute Gasteiger partial charge is 0.0651 e. The molecule has 0 amide bonds. The molecule has 0 saturated carbocycles. The number of hydrogen-bond acceptors (Lipinski definition) is 0. The molecule has 0 aromatic heterocycles. The smallest absolute Gasteiger partial charge is 0.0176 e. The normalized spacial score (nSPS) is 9.56. The van der Waals surface area contributed by atoms with Gasteiger partial charge in [-0.3, -0.25) is 0 Å². The molecule has 0 nitrogen and oxygen atoms in total. The Labute approximate surface area is 134 Å². The Morgan fingerprint density at radius 2 is 1.00 bits per heavy atom. The number of benzene rings is 2. The van der Waals surface area contributed by atoms with Gasteiger partial charge >= 0.3 is 0 Å². The average molecular weight is 435 g/mol. The van der Waals surface area contributed by atoms with Crippen LogP contribution < -0.4 is 0 Å². The van der Waals surface area contributed by atoms with E-state index in [4.69, 9.17) is 0 Å². The Balaban J connectivity index is 0.000000184. The predicted molar refractivity (Wildman–Crippen MR) is 90.0 cm³/mol. The monoisotopic (exact) mass is 432 g/mol. The van der Waals surface area contributed by atoms with Crippen LogP contribution in [-0.4, -0.2) is 0 Å². The molecular formula is C15H15Br3. The fourth-order valence-corrected chi connectivity index (χ4v) is 2.16. The van der Waals surface area contributed by atoms with E-state index >= 15 is 0 Å². The molecule has 2 rings (SSSR count). The predicted octanol–water partition coefficient (Wildman–Crippen LogP) is 6.61. The van der Waals surface area contributed by atoms with E-state index in [2.05, 4.69) is 79.0 Å². The lowest BCUT2D eigenvalue weighted by molar-refractivity contribution is 0.921. The molecule has 96 valence electrons. The molecule has 0 spiro atoms. The zero-order valence-corrected chi connectivity index (χ0v) is 14.9. The SMILES string of the molecule is Brc1ccc(Br)cc1.CCCc1ccc(Br)cc1. The molecule has 0 aliphatic carbocycles. The highest BCUT2D eigenvalue weighted by atomic mass is 79.9. The fraction of sp³-hybridized carbons (Fsp3) is 0.200. The van der Waals surface area contributed by atoms with E-state index < -0.39 is 0 Å². The molecule has 2 aromatic rings. The molecule has 0 atom stereocenters. The minimum Gasteiger partial charge on any atom is -0.0651 e. The molecule has 0 saturated heterocycles. The molecule has 0 heterocycles. The first-order chi connectivity index (χ1) is 8.61. The van der Waals surface area contributed by atoms with Gasteiger partial charge in [-0.05, 0) is 48.4 Å². The molecule has 0 aliphatic heterocycles. The zero-order valence-electron chi connectivity index (χ0n) is 10.2. The lowest BCUT2D eigenvalue weighted by Gasteiger charge is -1.96. The van der Waals surface area contributed by atoms with Gasteiger partial charge in [0.05, 0.1) is 0 Å². The Morgan fingerprint density at radius 3 is 1.33 bits per heavy atom. The minimum absolute atomic E-state index is 1.11. The van der Waals surface area contributed by atoms with Crippen LogP contribution in [0.5, 0.6) is 0 Å². The maximum atomic E-state index is 3.40. The van der Waals surface area contributed by atoms with Gasteiger partial charge in [0.1, 0.15) is 0 Å². The van der Waals surface area contributed by atoms with E-state index in [0.717, 1.165) is 13.4 Å². The standard InChI is InChI=1S/C9H11Br.C6H4Br2/c1-2-3-8-4-6-9(10)7-5-8;7-5-1-2-6(8)4-3-5/h4-7H,2-3H2,1H3;1-4H. The van der Waals surface area contributed by atoms with Crippen LogP contribution in [0.4, 0.5) is 0 Å². The van der Waals surface area contributed by atoms with Gasteiger partial charge in [0.2, 0.25) is 0 Å². The molecular weight excluding hydrogens is 420 g/mol. The van der Waals surface area contributed by atoms with Gasteiger partial charge in [-0.1, -0.05) is 73.3 Å². The Bertz CT molecular complexity index is 425. The molecule has 2 aromatic carbocycles. The number of halogens is 3. The summed E-state index contributed by atoms with van der Waals surface area (Å²) in [6.45, 7) is 2.20. The maximum absolute atomic E-state index is 3.40. The highest BCUT2D eigenvalue weighted by molar-refractivity contribution is 9.11. The highest BCUT2D eigenvalue weighted by Crippen LogP contribution is 2.14. The lowest BCUT2D eigenvalue weighted by Crippen LogP contribution is -1.80. The first-order valence-corrected chi connectivity index (χ1v) is 8.15. The van der Waals surface area contributed by atoms with Crippen molar-refractivity contribution in [1.82, 2.24) is 0 Å². The van der Waals surface area contributed by atoms with Crippen LogP contribution >= 0.6 is 47.8 Å². The Morgan fingerprint density at radius 1 is 0.667 bits per heavy atom. The first kappa shape index (κ1) is 15.9. The number of hydrogen-bond donors (Lipinski definition) is 0. The van der Waals surface area contributed by atoms with E-state index in [1.165, 1.54) is 18.4 Å². The third-order valence-electron chi connectivity index (χ3n) is 2.26. The van der Waals surface area contributed by atoms with E-state index in [1.54, 1.807) is 0 Å². The van der Waals surface area contributed by atoms with E-state index in [0.29, 0.717) is 0 Å². The van der Waals surface area contributed by atoms with Crippen molar-refractivity contribution in [2.45, 2.75) is 19.8 Å². The molecule has 18 heavy (non-hydrogen) atoms. The van der Waals surface area contributed by atoms with Crippen molar-refractivity contribution in [2.24, 2.45) is 0 Å². The molecule has 3 heteroatoms. The maximum Gasteiger partial charge on any atom is 0.0176 e. The lowest BCUT2D eigenvalue weighted by atomic mass is 10.1. The third kappa shape index (κ3) is 6.72. The van der Waals surface area contributed by atoms with Crippen molar-refractivity contribution >= 4 is 47.8 Å². The van der Waals surface area contributed by atoms with Gasteiger partial charge in [-0.15, -0.1) is 0 Å². The van der Waals surface area contributed by atoms with Crippen LogP contribution in [0.25, 0.3) is 0 Å². The van der Waals surface area contributed by atoms with Crippen LogP contribution in [0, 0.1) is 0 Å². The quantitative estimate of drug-likeness (QED) is 0.498. The summed E-state index contributed by atoms with van der Waals surface area (Å²) >= 11 is 10.0. The van der Waals surface area contributed by atoms with Gasteiger partial charge in [0.15, 0.2) is 0 Å². The summed E-state index contributed by atoms with van der Waals surface area (Å²) in [5, 5.41) is 0. The molecule has 0 unspecified atom stereocenters. The van der Waals surface area contributed by atoms with Crippen LogP contribution in [0.15, 0.2) is 61.9 Å². The Kier molecular flexibility index (Phi) is 7.87. The average Bonchev–Trinajstić information content (AvgIpc) is 2.37. The molecule has 0 radical (unpaired) electrons. The van der Waals surface area contributed by atoms with Crippen LogP contribution in [0.1, 0.15) is 18.9 Å². The van der Waals surface area contributed by atoms with Crippen LogP contribution in [0.2, 0.25) is 0 Å². The van der Waals surface area contributed by atoms with Crippen molar-refractivity contribution in [1.29, 1.82) is 0 Å². The number of rotatable bonds is 2. The second-order valence-corrected chi connectivity index (χ2v) is 6.56. The zero-order chi connectivity index (χ0) is 13.4. The van der Waals surface area contributed by atoms with Crippen molar-refractivity contribution < 1.29 is 0 Å². The molecule has 0 bridgehead atoms. The summed E-state index contributed by atoms with van der Waals surface area (Å²) in [6, 6.07) is 16.5. The second-order valence-electron chi connectivity index (χ2n) is 3.81. The topological polar surface area (TPSA) is 0 Å². The molecule has 0 fully saturated rings. The fourth-order valence-electron chi connectivity index (χ4n) is 1.37. The van der Waals surface area contributed by atoms with E-state index in [-0.39, 0.29) is 0 Å². The summed E-state index contributed by atoms with van der Waals surface area (Å²) in [6.07, 6.45) is 2.41. The Hall–Kier alpha value is -0.120. The summed E-state index contributed by atoms with van der Waals surface area (Å²) in [4.78, 5) is 0. The first-order valence-electron chi connectivity index (χ1n) is 5.77. The van der Waals surface area contributed by atoms with Gasteiger partial charge in [0, 0.05) is 13.4 Å². The van der Waals surface area contributed by atoms with E-state index in [9.17, 15) is 0 Å². The van der Waals surface area contributed by atoms with Crippen LogP contribution in [-0.2, 0) is 6.42 Å². The van der Waals surface area contributed by atoms with E-state index in [1.807, 2.05) is 24.3 Å². The summed E-state index contributed by atoms with van der Waals surface area (Å²) in [5.74, 6) is 0. The van der Waals surface area contributed by atoms with Crippen LogP contribution in [0.3, 0.4) is 0 Å². The van der Waals surface area contributed by atoms with Crippen molar-refractivity contribution in [2.75, 3.05) is 0 Å². The summed E-state index contributed by atoms with van der Waals surface area (Å²) < 4.78 is 3.38. The third-order valence-corrected chi connectivity index (χ3v) is 3.84. The number of aryl methyl sites for hydroxylation is 1. The van der Waals surface area contributed by atoms with Crippen molar-refractivity contribution in [3.05, 3.63) is 67.5 Å². The molecule has 0 N–H and O–H groups in total. The summed E-state index contributed by atoms with van der Waals surface area (Å²) in [7, 11) is 0. The highest BCUT2D eigenvalue weighted by Gasteiger charge is 1.89. The van der Waals surface area contributed by atoms with Crippen molar-refractivity contribution in [3.8, 4) is 0 Å². The van der Waals surface area contributed by atoms with Crippen molar-refractivity contribution in [3.63, 3.8) is 0 Å². The second kappa shape index (κ2) is 8.89. The van der Waals surface area contributed by atoms with Gasteiger partial charge in [0.25, 0.3) is 0 Å². The summed E-state index contributed by atoms with van der Waals surface area (Å²) in [5.41, 5.74) is 1.42. The molecule has 0 aliphatic rings.